The second-order valence-electron chi connectivity index (χ2n) is 9.01. The molecule has 1 saturated carbocycles. The van der Waals surface area contributed by atoms with E-state index in [2.05, 4.69) is 15.5 Å². The van der Waals surface area contributed by atoms with Gasteiger partial charge in [-0.15, -0.1) is 0 Å². The molecule has 2 aromatic carbocycles. The van der Waals surface area contributed by atoms with Crippen molar-refractivity contribution in [1.82, 2.24) is 15.5 Å². The van der Waals surface area contributed by atoms with E-state index in [4.69, 9.17) is 9.26 Å². The lowest BCUT2D eigenvalue weighted by molar-refractivity contribution is -0.125. The van der Waals surface area contributed by atoms with Gasteiger partial charge in [0.25, 0.3) is 0 Å². The largest absolute Gasteiger partial charge is 0.497 e. The van der Waals surface area contributed by atoms with Gasteiger partial charge in [0.2, 0.25) is 11.7 Å². The van der Waals surface area contributed by atoms with Crippen molar-refractivity contribution >= 4 is 11.9 Å². The van der Waals surface area contributed by atoms with Crippen molar-refractivity contribution in [2.75, 3.05) is 31.6 Å². The number of aromatic nitrogens is 2. The molecule has 1 saturated heterocycles. The van der Waals surface area contributed by atoms with Crippen molar-refractivity contribution in [3.05, 3.63) is 59.7 Å². The molecule has 0 bridgehead atoms. The topological polar surface area (TPSA) is 80.5 Å². The number of nitrogens with one attached hydrogen (secondary N) is 1. The quantitative estimate of drug-likeness (QED) is 0.563. The molecule has 7 nitrogen and oxygen atoms in total. The number of carbonyl (C=O) groups excluding carboxylic acids is 1. The van der Waals surface area contributed by atoms with Gasteiger partial charge in [0, 0.05) is 42.6 Å². The van der Waals surface area contributed by atoms with Crippen molar-refractivity contribution in [1.29, 1.82) is 0 Å². The van der Waals surface area contributed by atoms with Crippen molar-refractivity contribution < 1.29 is 22.8 Å². The lowest BCUT2D eigenvalue weighted by atomic mass is 9.93. The first-order chi connectivity index (χ1) is 16.5. The lowest BCUT2D eigenvalue weighted by Gasteiger charge is -2.30. The Morgan fingerprint density at radius 2 is 1.91 bits per heavy atom. The summed E-state index contributed by atoms with van der Waals surface area (Å²) in [6.07, 6.45) is 2.87. The number of methoxy groups -OCH3 is 1. The fourth-order valence-electron chi connectivity index (χ4n) is 4.55. The van der Waals surface area contributed by atoms with Gasteiger partial charge in [0.05, 0.1) is 7.11 Å². The average molecular weight is 469 g/mol. The van der Waals surface area contributed by atoms with Crippen LogP contribution in [0.3, 0.4) is 0 Å². The second kappa shape index (κ2) is 9.04. The zero-order chi connectivity index (χ0) is 23.7. The zero-order valence-electron chi connectivity index (χ0n) is 18.9. The van der Waals surface area contributed by atoms with Crippen molar-refractivity contribution in [3.8, 4) is 17.1 Å². The van der Waals surface area contributed by atoms with Gasteiger partial charge < -0.3 is 19.5 Å². The highest BCUT2D eigenvalue weighted by molar-refractivity contribution is 5.79. The summed E-state index contributed by atoms with van der Waals surface area (Å²) >= 11 is 0. The summed E-state index contributed by atoms with van der Waals surface area (Å²) in [7, 11) is 1.61. The summed E-state index contributed by atoms with van der Waals surface area (Å²) in [6.45, 7) is 1.61. The molecule has 2 fully saturated rings. The molecule has 1 aliphatic heterocycles. The number of amides is 1. The molecule has 0 unspecified atom stereocenters. The summed E-state index contributed by atoms with van der Waals surface area (Å²) in [5.74, 6) is -0.0469. The van der Waals surface area contributed by atoms with Crippen molar-refractivity contribution in [3.63, 3.8) is 0 Å². The molecule has 178 valence electrons. The number of nitrogens with zero attached hydrogens (tertiary/aromatic N) is 3. The Kier molecular flexibility index (Phi) is 5.93. The van der Waals surface area contributed by atoms with Crippen LogP contribution in [0.1, 0.15) is 31.2 Å². The Bertz CT molecular complexity index is 1170. The molecule has 2 aliphatic rings. The fraction of sp³-hybridized carbons (Fsp3) is 0.400. The van der Waals surface area contributed by atoms with Crippen molar-refractivity contribution in [2.45, 2.75) is 31.1 Å². The zero-order valence-corrected chi connectivity index (χ0v) is 18.9. The molecule has 1 amide bonds. The van der Waals surface area contributed by atoms with Crippen LogP contribution < -0.4 is 15.0 Å². The molecule has 9 heteroatoms. The van der Waals surface area contributed by atoms with Crippen LogP contribution in [0, 0.1) is 17.6 Å². The molecule has 0 radical (unpaired) electrons. The Labute approximate surface area is 196 Å². The van der Waals surface area contributed by atoms with E-state index in [0.717, 1.165) is 30.2 Å². The normalized spacial score (nSPS) is 17.4. The highest BCUT2D eigenvalue weighted by atomic mass is 19.1. The third kappa shape index (κ3) is 4.47. The minimum absolute atomic E-state index is 0.0297. The van der Waals surface area contributed by atoms with Crippen LogP contribution in [0.4, 0.5) is 14.8 Å². The molecule has 1 aliphatic carbocycles. The standard InChI is InChI=1S/C25H26F2N4O3/c1-33-19-5-2-16(3-6-19)22-29-24(34-30-22)31-12-8-17(9-13-31)23(32)28-15-25(10-11-25)20-7-4-18(26)14-21(20)27/h2-7,14,17H,8-13,15H2,1H3,(H,28,32). The van der Waals surface area contributed by atoms with Gasteiger partial charge in [-0.05, 0) is 61.6 Å². The van der Waals surface area contributed by atoms with E-state index < -0.39 is 17.0 Å². The molecule has 2 heterocycles. The summed E-state index contributed by atoms with van der Waals surface area (Å²) in [5, 5.41) is 7.08. The Balaban J connectivity index is 1.14. The van der Waals surface area contributed by atoms with Crippen LogP contribution >= 0.6 is 0 Å². The molecule has 0 spiro atoms. The van der Waals surface area contributed by atoms with Crippen LogP contribution in [0.2, 0.25) is 0 Å². The maximum absolute atomic E-state index is 14.2. The van der Waals surface area contributed by atoms with Gasteiger partial charge in [0.15, 0.2) is 0 Å². The van der Waals surface area contributed by atoms with E-state index in [1.807, 2.05) is 29.2 Å². The SMILES string of the molecule is COc1ccc(-c2noc(N3CCC(C(=O)NCC4(c5ccc(F)cc5F)CC4)CC3)n2)cc1. The minimum atomic E-state index is -0.592. The van der Waals surface area contributed by atoms with Gasteiger partial charge >= 0.3 is 6.01 Å². The Hall–Kier alpha value is -3.49. The van der Waals surface area contributed by atoms with Gasteiger partial charge in [0.1, 0.15) is 17.4 Å². The van der Waals surface area contributed by atoms with E-state index in [9.17, 15) is 13.6 Å². The van der Waals surface area contributed by atoms with Crippen LogP contribution in [-0.2, 0) is 10.2 Å². The van der Waals surface area contributed by atoms with Crippen molar-refractivity contribution in [2.24, 2.45) is 5.92 Å². The fourth-order valence-corrected chi connectivity index (χ4v) is 4.55. The van der Waals surface area contributed by atoms with Gasteiger partial charge in [-0.2, -0.15) is 4.98 Å². The summed E-state index contributed by atoms with van der Waals surface area (Å²) in [5.41, 5.74) is 0.889. The maximum atomic E-state index is 14.2. The molecule has 1 aromatic heterocycles. The predicted molar refractivity (Wildman–Crippen MR) is 122 cm³/mol. The van der Waals surface area contributed by atoms with Gasteiger partial charge in [-0.1, -0.05) is 11.2 Å². The summed E-state index contributed by atoms with van der Waals surface area (Å²) < 4.78 is 38.1. The summed E-state index contributed by atoms with van der Waals surface area (Å²) in [6, 6.07) is 11.5. The molecule has 34 heavy (non-hydrogen) atoms. The monoisotopic (exact) mass is 468 g/mol. The van der Waals surface area contributed by atoms with Crippen LogP contribution in [0.15, 0.2) is 47.0 Å². The number of hydrogen-bond acceptors (Lipinski definition) is 6. The molecule has 0 atom stereocenters. The number of hydrogen-bond donors (Lipinski definition) is 1. The first-order valence-corrected chi connectivity index (χ1v) is 11.4. The third-order valence-electron chi connectivity index (χ3n) is 6.86. The van der Waals surface area contributed by atoms with E-state index in [0.29, 0.717) is 49.9 Å². The average Bonchev–Trinajstić information content (AvgIpc) is 3.48. The molecular formula is C25H26F2N4O3. The van der Waals surface area contributed by atoms with Crippen LogP contribution in [0.5, 0.6) is 5.75 Å². The highest BCUT2D eigenvalue weighted by Crippen LogP contribution is 2.48. The first kappa shape index (κ1) is 22.3. The lowest BCUT2D eigenvalue weighted by Crippen LogP contribution is -2.42. The number of benzene rings is 2. The molecule has 5 rings (SSSR count). The van der Waals surface area contributed by atoms with Gasteiger partial charge in [-0.3, -0.25) is 4.79 Å². The van der Waals surface area contributed by atoms with Gasteiger partial charge in [-0.25, -0.2) is 8.78 Å². The maximum Gasteiger partial charge on any atom is 0.324 e. The minimum Gasteiger partial charge on any atom is -0.497 e. The van der Waals surface area contributed by atoms with Crippen LogP contribution in [-0.4, -0.2) is 42.8 Å². The molecule has 3 aromatic rings. The number of piperidine rings is 1. The number of rotatable bonds is 7. The highest BCUT2D eigenvalue weighted by Gasteiger charge is 2.46. The smallest absolute Gasteiger partial charge is 0.324 e. The van der Waals surface area contributed by atoms with E-state index >= 15 is 0 Å². The molecular weight excluding hydrogens is 442 g/mol. The predicted octanol–water partition coefficient (Wildman–Crippen LogP) is 4.09. The number of ether oxygens (including phenoxy) is 1. The van der Waals surface area contributed by atoms with E-state index in [1.165, 1.54) is 12.1 Å². The third-order valence-corrected chi connectivity index (χ3v) is 6.86. The first-order valence-electron chi connectivity index (χ1n) is 11.4. The number of halogens is 2. The van der Waals surface area contributed by atoms with E-state index in [-0.39, 0.29) is 11.8 Å². The number of anilines is 1. The molecule has 1 N–H and O–H groups in total. The second-order valence-corrected chi connectivity index (χ2v) is 9.01. The summed E-state index contributed by atoms with van der Waals surface area (Å²) in [4.78, 5) is 19.3. The van der Waals surface area contributed by atoms with E-state index in [1.54, 1.807) is 7.11 Å². The Morgan fingerprint density at radius 1 is 1.18 bits per heavy atom. The Morgan fingerprint density at radius 3 is 2.56 bits per heavy atom. The number of carbonyl (C=O) groups is 1. The van der Waals surface area contributed by atoms with Crippen LogP contribution in [0.25, 0.3) is 11.4 Å².